The SMILES string of the molecule is N#CNC(=NCCCCCCC(=O)NOC1CCCCCC1)Nc1ccncc1. The summed E-state index contributed by atoms with van der Waals surface area (Å²) in [6.45, 7) is 0.610. The van der Waals surface area contributed by atoms with E-state index < -0.39 is 0 Å². The molecule has 0 unspecified atom stereocenters. The fourth-order valence-electron chi connectivity index (χ4n) is 3.24. The lowest BCUT2D eigenvalue weighted by atomic mass is 10.1. The molecule has 0 radical (unpaired) electrons. The number of aliphatic imine (C=N–C) groups is 1. The normalized spacial score (nSPS) is 15.2. The fraction of sp³-hybridized carbons (Fsp3) is 0.619. The number of nitrogens with one attached hydrogen (secondary N) is 3. The van der Waals surface area contributed by atoms with Crippen LogP contribution in [-0.2, 0) is 9.63 Å². The van der Waals surface area contributed by atoms with E-state index in [0.29, 0.717) is 18.9 Å². The summed E-state index contributed by atoms with van der Waals surface area (Å²) in [5, 5.41) is 14.4. The van der Waals surface area contributed by atoms with Gasteiger partial charge in [-0.25, -0.2) is 5.48 Å². The number of anilines is 1. The van der Waals surface area contributed by atoms with Crippen LogP contribution in [0.25, 0.3) is 0 Å². The third-order valence-electron chi connectivity index (χ3n) is 4.84. The molecule has 2 rings (SSSR count). The number of unbranched alkanes of at least 4 members (excludes halogenated alkanes) is 3. The molecule has 0 atom stereocenters. The summed E-state index contributed by atoms with van der Waals surface area (Å²) in [5.74, 6) is 0.392. The average Bonchev–Trinajstić information content (AvgIpc) is 3.01. The van der Waals surface area contributed by atoms with Gasteiger partial charge in [0, 0.05) is 31.0 Å². The monoisotopic (exact) mass is 400 g/mol. The Morgan fingerprint density at radius 2 is 1.86 bits per heavy atom. The number of carbonyl (C=O) groups is 1. The van der Waals surface area contributed by atoms with E-state index in [1.54, 1.807) is 24.5 Å². The summed E-state index contributed by atoms with van der Waals surface area (Å²) in [7, 11) is 0. The van der Waals surface area contributed by atoms with Crippen LogP contribution in [0.1, 0.15) is 70.6 Å². The zero-order valence-corrected chi connectivity index (χ0v) is 17.0. The van der Waals surface area contributed by atoms with E-state index in [-0.39, 0.29) is 12.0 Å². The highest BCUT2D eigenvalue weighted by molar-refractivity contribution is 5.94. The fourth-order valence-corrected chi connectivity index (χ4v) is 3.24. The second kappa shape index (κ2) is 14.4. The molecule has 1 amide bonds. The van der Waals surface area contributed by atoms with E-state index in [2.05, 4.69) is 26.1 Å². The Labute approximate surface area is 173 Å². The van der Waals surface area contributed by atoms with Crippen LogP contribution in [-0.4, -0.2) is 29.5 Å². The smallest absolute Gasteiger partial charge is 0.243 e. The number of rotatable bonds is 10. The molecule has 0 bridgehead atoms. The summed E-state index contributed by atoms with van der Waals surface area (Å²) < 4.78 is 0. The molecule has 1 aliphatic rings. The Bertz CT molecular complexity index is 651. The molecule has 1 heterocycles. The maximum Gasteiger partial charge on any atom is 0.243 e. The van der Waals surface area contributed by atoms with Crippen LogP contribution < -0.4 is 16.1 Å². The molecule has 0 spiro atoms. The van der Waals surface area contributed by atoms with Crippen molar-refractivity contribution in [1.29, 1.82) is 5.26 Å². The van der Waals surface area contributed by atoms with Crippen molar-refractivity contribution in [3.8, 4) is 6.19 Å². The first-order valence-electron chi connectivity index (χ1n) is 10.6. The maximum atomic E-state index is 11.9. The number of hydroxylamine groups is 1. The number of carbonyl (C=O) groups excluding carboxylic acids is 1. The minimum atomic E-state index is -0.0330. The lowest BCUT2D eigenvalue weighted by Crippen LogP contribution is -2.29. The van der Waals surface area contributed by atoms with Crippen LogP contribution in [0.3, 0.4) is 0 Å². The highest BCUT2D eigenvalue weighted by Gasteiger charge is 2.14. The van der Waals surface area contributed by atoms with Crippen LogP contribution in [0.5, 0.6) is 0 Å². The highest BCUT2D eigenvalue weighted by atomic mass is 16.7. The van der Waals surface area contributed by atoms with Gasteiger partial charge in [0.05, 0.1) is 6.10 Å². The van der Waals surface area contributed by atoms with Crippen LogP contribution >= 0.6 is 0 Å². The Hall–Kier alpha value is -2.66. The van der Waals surface area contributed by atoms with Crippen molar-refractivity contribution < 1.29 is 9.63 Å². The number of nitrogens with zero attached hydrogens (tertiary/aromatic N) is 3. The molecular weight excluding hydrogens is 368 g/mol. The van der Waals surface area contributed by atoms with Crippen molar-refractivity contribution in [2.45, 2.75) is 76.7 Å². The highest BCUT2D eigenvalue weighted by Crippen LogP contribution is 2.19. The van der Waals surface area contributed by atoms with Crippen molar-refractivity contribution >= 4 is 17.6 Å². The van der Waals surface area contributed by atoms with Crippen LogP contribution in [0, 0.1) is 11.5 Å². The first kappa shape index (κ1) is 22.6. The van der Waals surface area contributed by atoms with Gasteiger partial charge in [0.2, 0.25) is 11.9 Å². The molecule has 1 aromatic rings. The zero-order chi connectivity index (χ0) is 20.6. The van der Waals surface area contributed by atoms with Gasteiger partial charge < -0.3 is 5.32 Å². The van der Waals surface area contributed by atoms with Gasteiger partial charge in [-0.15, -0.1) is 0 Å². The van der Waals surface area contributed by atoms with Crippen molar-refractivity contribution in [3.05, 3.63) is 24.5 Å². The molecule has 0 saturated heterocycles. The number of hydrogen-bond acceptors (Lipinski definition) is 5. The van der Waals surface area contributed by atoms with Gasteiger partial charge in [-0.1, -0.05) is 38.5 Å². The van der Waals surface area contributed by atoms with E-state index in [9.17, 15) is 4.79 Å². The third-order valence-corrected chi connectivity index (χ3v) is 4.84. The van der Waals surface area contributed by atoms with Gasteiger partial charge in [0.25, 0.3) is 0 Å². The molecule has 1 aromatic heterocycles. The molecule has 8 nitrogen and oxygen atoms in total. The van der Waals surface area contributed by atoms with Gasteiger partial charge in [-0.3, -0.25) is 24.9 Å². The molecular formula is C21H32N6O2. The van der Waals surface area contributed by atoms with Gasteiger partial charge in [0.15, 0.2) is 6.19 Å². The van der Waals surface area contributed by atoms with E-state index in [0.717, 1.165) is 44.2 Å². The Kier molecular flexibility index (Phi) is 11.2. The third kappa shape index (κ3) is 10.5. The summed E-state index contributed by atoms with van der Waals surface area (Å²) in [4.78, 5) is 25.8. The van der Waals surface area contributed by atoms with Crippen molar-refractivity contribution in [3.63, 3.8) is 0 Å². The Balaban J connectivity index is 1.53. The van der Waals surface area contributed by atoms with E-state index in [4.69, 9.17) is 10.1 Å². The summed E-state index contributed by atoms with van der Waals surface area (Å²) in [5.41, 5.74) is 3.44. The lowest BCUT2D eigenvalue weighted by molar-refractivity contribution is -0.139. The average molecular weight is 401 g/mol. The predicted octanol–water partition coefficient (Wildman–Crippen LogP) is 3.64. The van der Waals surface area contributed by atoms with E-state index >= 15 is 0 Å². The Morgan fingerprint density at radius 3 is 2.59 bits per heavy atom. The molecule has 3 N–H and O–H groups in total. The van der Waals surface area contributed by atoms with Crippen LogP contribution in [0.4, 0.5) is 5.69 Å². The zero-order valence-electron chi connectivity index (χ0n) is 17.0. The van der Waals surface area contributed by atoms with Crippen LogP contribution in [0.2, 0.25) is 0 Å². The number of nitriles is 1. The summed E-state index contributed by atoms with van der Waals surface area (Å²) in [6.07, 6.45) is 16.6. The molecule has 1 fully saturated rings. The van der Waals surface area contributed by atoms with Gasteiger partial charge in [-0.2, -0.15) is 5.26 Å². The second-order valence-electron chi connectivity index (χ2n) is 7.25. The van der Waals surface area contributed by atoms with Gasteiger partial charge in [-0.05, 0) is 37.8 Å². The molecule has 1 aliphatic carbocycles. The largest absolute Gasteiger partial charge is 0.325 e. The van der Waals surface area contributed by atoms with Crippen molar-refractivity contribution in [1.82, 2.24) is 15.8 Å². The quantitative estimate of drug-likeness (QED) is 0.105. The summed E-state index contributed by atoms with van der Waals surface area (Å²) >= 11 is 0. The first-order chi connectivity index (χ1) is 14.3. The van der Waals surface area contributed by atoms with Gasteiger partial charge in [0.1, 0.15) is 0 Å². The molecule has 8 heteroatoms. The molecule has 0 aromatic carbocycles. The number of aromatic nitrogens is 1. The maximum absolute atomic E-state index is 11.9. The van der Waals surface area contributed by atoms with E-state index in [1.165, 1.54) is 25.7 Å². The second-order valence-corrected chi connectivity index (χ2v) is 7.25. The van der Waals surface area contributed by atoms with Gasteiger partial charge >= 0.3 is 0 Å². The van der Waals surface area contributed by atoms with E-state index in [1.807, 2.05) is 6.19 Å². The molecule has 29 heavy (non-hydrogen) atoms. The standard InChI is InChI=1S/C21H32N6O2/c22-17-25-21(26-18-12-15-23-16-13-18)24-14-8-4-3-7-11-20(28)27-29-19-9-5-1-2-6-10-19/h12-13,15-16,19H,1-11,14H2,(H,27,28)(H2,23,24,25,26). The molecule has 0 aliphatic heterocycles. The minimum Gasteiger partial charge on any atom is -0.325 e. The molecule has 158 valence electrons. The summed E-state index contributed by atoms with van der Waals surface area (Å²) in [6, 6.07) is 3.61. The molecule has 1 saturated carbocycles. The topological polar surface area (TPSA) is 111 Å². The van der Waals surface area contributed by atoms with Crippen molar-refractivity contribution in [2.24, 2.45) is 4.99 Å². The predicted molar refractivity (Wildman–Crippen MR) is 113 cm³/mol. The lowest BCUT2D eigenvalue weighted by Gasteiger charge is -2.15. The first-order valence-corrected chi connectivity index (χ1v) is 10.6. The number of hydrogen-bond donors (Lipinski definition) is 3. The van der Waals surface area contributed by atoms with Crippen LogP contribution in [0.15, 0.2) is 29.5 Å². The minimum absolute atomic E-state index is 0.0330. The number of guanidine groups is 1. The van der Waals surface area contributed by atoms with Crippen molar-refractivity contribution in [2.75, 3.05) is 11.9 Å². The Morgan fingerprint density at radius 1 is 1.14 bits per heavy atom. The number of pyridine rings is 1. The number of amides is 1.